The number of amides is 1. The highest BCUT2D eigenvalue weighted by molar-refractivity contribution is 5.94. The molecule has 5 rings (SSSR count). The summed E-state index contributed by atoms with van der Waals surface area (Å²) in [4.78, 5) is 34.8. The fourth-order valence-corrected chi connectivity index (χ4v) is 4.45. The Labute approximate surface area is 195 Å². The maximum absolute atomic E-state index is 13.2. The van der Waals surface area contributed by atoms with Crippen molar-refractivity contribution < 1.29 is 9.18 Å². The van der Waals surface area contributed by atoms with E-state index in [1.54, 1.807) is 9.58 Å². The summed E-state index contributed by atoms with van der Waals surface area (Å²) in [5.74, 6) is 0.118. The number of aryl methyl sites for hydroxylation is 2. The lowest BCUT2D eigenvalue weighted by molar-refractivity contribution is 0.0711. The molecular weight excluding hydrogens is 435 g/mol. The molecule has 0 saturated carbocycles. The van der Waals surface area contributed by atoms with Gasteiger partial charge in [-0.25, -0.2) is 14.1 Å². The molecule has 1 amide bonds. The van der Waals surface area contributed by atoms with Gasteiger partial charge >= 0.3 is 0 Å². The van der Waals surface area contributed by atoms with Gasteiger partial charge in [0.2, 0.25) is 0 Å². The second kappa shape index (κ2) is 8.81. The van der Waals surface area contributed by atoms with Crippen LogP contribution in [0.25, 0.3) is 11.2 Å². The summed E-state index contributed by atoms with van der Waals surface area (Å²) in [5.41, 5.74) is 4.23. The van der Waals surface area contributed by atoms with Crippen LogP contribution in [0.1, 0.15) is 51.6 Å². The minimum Gasteiger partial charge on any atom is -0.339 e. The van der Waals surface area contributed by atoms with Crippen LogP contribution in [0.4, 0.5) is 4.39 Å². The Morgan fingerprint density at radius 1 is 1.12 bits per heavy atom. The minimum absolute atomic E-state index is 0.0124. The van der Waals surface area contributed by atoms with Gasteiger partial charge in [0, 0.05) is 24.6 Å². The highest BCUT2D eigenvalue weighted by atomic mass is 19.1. The molecule has 1 fully saturated rings. The standard InChI is InChI=1S/C25H25FN6O2/c1-15-3-4-16(2)19(13-15)14-32-23-21(29-30-32)24(33)28-22(27-23)17-9-11-31(12-10-17)25(34)18-5-7-20(26)8-6-18/h3-8,13,17H,9-12,14H2,1-2H3,(H,27,28,33). The summed E-state index contributed by atoms with van der Waals surface area (Å²) >= 11 is 0. The third-order valence-corrected chi connectivity index (χ3v) is 6.48. The predicted molar refractivity (Wildman–Crippen MR) is 125 cm³/mol. The smallest absolute Gasteiger partial charge is 0.281 e. The molecule has 9 heteroatoms. The number of carbonyl (C=O) groups excluding carboxylic acids is 1. The Kier molecular flexibility index (Phi) is 5.69. The molecule has 1 N–H and O–H groups in total. The minimum atomic E-state index is -0.369. The molecule has 1 aliphatic heterocycles. The number of halogens is 1. The predicted octanol–water partition coefficient (Wildman–Crippen LogP) is 3.34. The monoisotopic (exact) mass is 460 g/mol. The summed E-state index contributed by atoms with van der Waals surface area (Å²) in [6, 6.07) is 11.8. The van der Waals surface area contributed by atoms with Crippen molar-refractivity contribution in [2.45, 2.75) is 39.2 Å². The van der Waals surface area contributed by atoms with Gasteiger partial charge < -0.3 is 9.88 Å². The zero-order valence-corrected chi connectivity index (χ0v) is 19.1. The molecule has 0 radical (unpaired) electrons. The molecule has 8 nitrogen and oxygen atoms in total. The van der Waals surface area contributed by atoms with Gasteiger partial charge in [0.05, 0.1) is 6.54 Å². The fourth-order valence-electron chi connectivity index (χ4n) is 4.45. The van der Waals surface area contributed by atoms with Gasteiger partial charge in [-0.05, 0) is 62.1 Å². The van der Waals surface area contributed by atoms with Crippen LogP contribution in [0.5, 0.6) is 0 Å². The van der Waals surface area contributed by atoms with Crippen molar-refractivity contribution in [3.05, 3.63) is 86.7 Å². The van der Waals surface area contributed by atoms with Crippen LogP contribution in [0.15, 0.2) is 47.3 Å². The van der Waals surface area contributed by atoms with Gasteiger partial charge in [-0.1, -0.05) is 29.0 Å². The Morgan fingerprint density at radius 2 is 1.85 bits per heavy atom. The first kappa shape index (κ1) is 21.9. The van der Waals surface area contributed by atoms with E-state index in [0.29, 0.717) is 49.5 Å². The second-order valence-electron chi connectivity index (χ2n) is 8.87. The summed E-state index contributed by atoms with van der Waals surface area (Å²) < 4.78 is 14.8. The number of benzene rings is 2. The van der Waals surface area contributed by atoms with Gasteiger partial charge in [0.1, 0.15) is 11.6 Å². The Hall–Kier alpha value is -3.88. The summed E-state index contributed by atoms with van der Waals surface area (Å²) in [7, 11) is 0. The van der Waals surface area contributed by atoms with E-state index in [0.717, 1.165) is 16.7 Å². The van der Waals surface area contributed by atoms with Crippen molar-refractivity contribution in [2.75, 3.05) is 13.1 Å². The first-order valence-electron chi connectivity index (χ1n) is 11.3. The van der Waals surface area contributed by atoms with Crippen LogP contribution < -0.4 is 5.56 Å². The lowest BCUT2D eigenvalue weighted by Crippen LogP contribution is -2.38. The molecule has 34 heavy (non-hydrogen) atoms. The third-order valence-electron chi connectivity index (χ3n) is 6.48. The van der Waals surface area contributed by atoms with E-state index in [-0.39, 0.29) is 28.7 Å². The first-order valence-corrected chi connectivity index (χ1v) is 11.3. The molecular formula is C25H25FN6O2. The van der Waals surface area contributed by atoms with Gasteiger partial charge in [-0.15, -0.1) is 5.10 Å². The van der Waals surface area contributed by atoms with Gasteiger partial charge in [-0.2, -0.15) is 0 Å². The molecule has 0 atom stereocenters. The van der Waals surface area contributed by atoms with Crippen molar-refractivity contribution >= 4 is 17.1 Å². The van der Waals surface area contributed by atoms with Gasteiger partial charge in [0.15, 0.2) is 11.2 Å². The number of hydrogen-bond donors (Lipinski definition) is 1. The summed E-state index contributed by atoms with van der Waals surface area (Å²) in [6.07, 6.45) is 1.33. The van der Waals surface area contributed by atoms with E-state index in [2.05, 4.69) is 33.5 Å². The quantitative estimate of drug-likeness (QED) is 0.504. The number of aromatic amines is 1. The second-order valence-corrected chi connectivity index (χ2v) is 8.87. The average Bonchev–Trinajstić information content (AvgIpc) is 3.25. The fraction of sp³-hybridized carbons (Fsp3) is 0.320. The molecule has 174 valence electrons. The number of carbonyl (C=O) groups is 1. The number of hydrogen-bond acceptors (Lipinski definition) is 5. The third kappa shape index (κ3) is 4.21. The van der Waals surface area contributed by atoms with E-state index in [1.807, 2.05) is 13.8 Å². The largest absolute Gasteiger partial charge is 0.339 e. The highest BCUT2D eigenvalue weighted by Crippen LogP contribution is 2.27. The van der Waals surface area contributed by atoms with Crippen molar-refractivity contribution in [3.8, 4) is 0 Å². The van der Waals surface area contributed by atoms with E-state index in [1.165, 1.54) is 24.3 Å². The van der Waals surface area contributed by atoms with Crippen LogP contribution >= 0.6 is 0 Å². The van der Waals surface area contributed by atoms with Crippen LogP contribution in [-0.2, 0) is 6.54 Å². The SMILES string of the molecule is Cc1ccc(C)c(Cn2nnc3c(=O)[nH]c(C4CCN(C(=O)c5ccc(F)cc5)CC4)nc32)c1. The highest BCUT2D eigenvalue weighted by Gasteiger charge is 2.27. The maximum atomic E-state index is 13.2. The molecule has 0 spiro atoms. The van der Waals surface area contributed by atoms with E-state index in [9.17, 15) is 14.0 Å². The number of nitrogens with one attached hydrogen (secondary N) is 1. The number of piperidine rings is 1. The van der Waals surface area contributed by atoms with E-state index in [4.69, 9.17) is 4.98 Å². The average molecular weight is 461 g/mol. The zero-order valence-electron chi connectivity index (χ0n) is 19.1. The number of likely N-dealkylation sites (tertiary alicyclic amines) is 1. The van der Waals surface area contributed by atoms with Crippen molar-refractivity contribution in [1.82, 2.24) is 29.9 Å². The summed E-state index contributed by atoms with van der Waals surface area (Å²) in [6.45, 7) is 5.62. The van der Waals surface area contributed by atoms with Gasteiger partial charge in [-0.3, -0.25) is 9.59 Å². The number of fused-ring (bicyclic) bond motifs is 1. The van der Waals surface area contributed by atoms with Gasteiger partial charge in [0.25, 0.3) is 11.5 Å². The van der Waals surface area contributed by atoms with Crippen LogP contribution in [-0.4, -0.2) is 48.9 Å². The molecule has 1 aliphatic rings. The lowest BCUT2D eigenvalue weighted by atomic mass is 9.95. The molecule has 2 aromatic carbocycles. The Balaban J connectivity index is 1.36. The Morgan fingerprint density at radius 3 is 2.59 bits per heavy atom. The van der Waals surface area contributed by atoms with Crippen LogP contribution in [0.3, 0.4) is 0 Å². The lowest BCUT2D eigenvalue weighted by Gasteiger charge is -2.31. The maximum Gasteiger partial charge on any atom is 0.281 e. The van der Waals surface area contributed by atoms with Crippen molar-refractivity contribution in [1.29, 1.82) is 0 Å². The molecule has 1 saturated heterocycles. The van der Waals surface area contributed by atoms with Crippen LogP contribution in [0, 0.1) is 19.7 Å². The van der Waals surface area contributed by atoms with Crippen molar-refractivity contribution in [2.24, 2.45) is 0 Å². The molecule has 2 aromatic heterocycles. The normalized spacial score (nSPS) is 14.6. The molecule has 4 aromatic rings. The molecule has 3 heterocycles. The number of aromatic nitrogens is 5. The first-order chi connectivity index (χ1) is 16.4. The van der Waals surface area contributed by atoms with Crippen molar-refractivity contribution in [3.63, 3.8) is 0 Å². The molecule has 0 unspecified atom stereocenters. The Bertz CT molecular complexity index is 1420. The molecule has 0 bridgehead atoms. The van der Waals surface area contributed by atoms with E-state index < -0.39 is 0 Å². The number of rotatable bonds is 4. The molecule has 0 aliphatic carbocycles. The zero-order chi connectivity index (χ0) is 23.8. The topological polar surface area (TPSA) is 96.8 Å². The number of nitrogens with zero attached hydrogens (tertiary/aromatic N) is 5. The van der Waals surface area contributed by atoms with E-state index >= 15 is 0 Å². The van der Waals surface area contributed by atoms with Crippen LogP contribution in [0.2, 0.25) is 0 Å². The number of H-pyrrole nitrogens is 1. The summed E-state index contributed by atoms with van der Waals surface area (Å²) in [5, 5.41) is 8.24.